The first-order valence-corrected chi connectivity index (χ1v) is 20.5. The lowest BCUT2D eigenvalue weighted by molar-refractivity contribution is -0.143. The molecule has 3 N–H and O–H groups in total. The molecule has 3 fully saturated rings. The van der Waals surface area contributed by atoms with Gasteiger partial charge in [0.05, 0.1) is 37.2 Å². The van der Waals surface area contributed by atoms with E-state index in [-0.39, 0.29) is 32.6 Å². The molecule has 1 saturated heterocycles. The summed E-state index contributed by atoms with van der Waals surface area (Å²) in [6.45, 7) is 13.3. The molecule has 0 spiro atoms. The van der Waals surface area contributed by atoms with Crippen molar-refractivity contribution in [2.24, 2.45) is 11.3 Å². The predicted octanol–water partition coefficient (Wildman–Crippen LogP) is 3.52. The van der Waals surface area contributed by atoms with Gasteiger partial charge in [-0.2, -0.15) is 0 Å². The van der Waals surface area contributed by atoms with E-state index in [9.17, 15) is 32.4 Å². The van der Waals surface area contributed by atoms with Gasteiger partial charge < -0.3 is 29.7 Å². The maximum Gasteiger partial charge on any atom is 0.410 e. The Labute approximate surface area is 322 Å². The summed E-state index contributed by atoms with van der Waals surface area (Å²) >= 11 is 0. The van der Waals surface area contributed by atoms with Gasteiger partial charge >= 0.3 is 12.2 Å². The molecule has 55 heavy (non-hydrogen) atoms. The van der Waals surface area contributed by atoms with E-state index in [1.807, 2.05) is 38.1 Å². The van der Waals surface area contributed by atoms with E-state index < -0.39 is 85.8 Å². The number of ether oxygens (including phenoxy) is 3. The van der Waals surface area contributed by atoms with Gasteiger partial charge in [0.25, 0.3) is 5.91 Å². The predicted molar refractivity (Wildman–Crippen MR) is 201 cm³/mol. The normalized spacial score (nSPS) is 29.0. The van der Waals surface area contributed by atoms with Gasteiger partial charge in [-0.1, -0.05) is 50.3 Å². The van der Waals surface area contributed by atoms with Crippen molar-refractivity contribution in [2.45, 2.75) is 121 Å². The Hall–Kier alpha value is -4.44. The number of carbonyl (C=O) groups is 5. The Morgan fingerprint density at radius 1 is 1.15 bits per heavy atom. The number of cyclic esters (lactones) is 1. The number of hydrogen-bond donors (Lipinski definition) is 3. The number of fused-ring (bicyclic) bond motifs is 3. The van der Waals surface area contributed by atoms with Crippen LogP contribution >= 0.6 is 0 Å². The fourth-order valence-electron chi connectivity index (χ4n) is 7.25. The quantitative estimate of drug-likeness (QED) is 0.329. The summed E-state index contributed by atoms with van der Waals surface area (Å²) in [6.07, 6.45) is 5.42. The molecule has 5 aliphatic rings. The van der Waals surface area contributed by atoms with Crippen molar-refractivity contribution in [1.29, 1.82) is 0 Å². The maximum absolute atomic E-state index is 14.5. The smallest absolute Gasteiger partial charge is 0.410 e. The highest BCUT2D eigenvalue weighted by atomic mass is 32.2. The summed E-state index contributed by atoms with van der Waals surface area (Å²) in [5, 5.41) is 4.70. The lowest BCUT2D eigenvalue weighted by atomic mass is 9.88. The average molecular weight is 784 g/mol. The van der Waals surface area contributed by atoms with E-state index >= 15 is 0 Å². The minimum atomic E-state index is -3.93. The molecule has 5 atom stereocenters. The molecule has 3 heterocycles. The molecule has 3 aliphatic heterocycles. The Bertz CT molecular complexity index is 1870. The van der Waals surface area contributed by atoms with E-state index in [1.54, 1.807) is 25.7 Å². The summed E-state index contributed by atoms with van der Waals surface area (Å²) in [4.78, 5) is 71.9. The standard InChI is InChI=1S/C39H53N5O10S/c1-7-26-18-39(26,34(47)42-55(50,51)28-14-15-28)41-32(45)31-17-27-20-44(31)33(46)30(22-53-37(2,3)4)40-35(48)52-23-38(5,6)16-9-8-11-24-12-10-13-25-19-43(21-29(24)25)36(49)54-27/h7-8,10-13,26-28,30-31H,1,9,14-23H2,2-6H3,(H,40,48)(H,41,45)(H,42,47)/b11-8+/t26-,27+,30-,31-,39+/m0/s1. The number of carbonyl (C=O) groups excluding carboxylic acids is 5. The van der Waals surface area contributed by atoms with Crippen LogP contribution in [-0.4, -0.2) is 102 Å². The first kappa shape index (κ1) is 40.2. The van der Waals surface area contributed by atoms with Crippen LogP contribution < -0.4 is 15.4 Å². The molecule has 6 rings (SSSR count). The summed E-state index contributed by atoms with van der Waals surface area (Å²) < 4.78 is 45.1. The highest BCUT2D eigenvalue weighted by molar-refractivity contribution is 7.91. The van der Waals surface area contributed by atoms with Crippen LogP contribution in [0, 0.1) is 11.3 Å². The Kier molecular flexibility index (Phi) is 11.1. The lowest BCUT2D eigenvalue weighted by Gasteiger charge is -2.31. The van der Waals surface area contributed by atoms with Crippen molar-refractivity contribution < 1.29 is 46.6 Å². The largest absolute Gasteiger partial charge is 0.449 e. The molecule has 1 aromatic rings. The number of nitrogens with zero attached hydrogens (tertiary/aromatic N) is 2. The number of rotatable bonds is 8. The number of alkyl carbamates (subject to hydrolysis) is 1. The number of sulfonamides is 1. The van der Waals surface area contributed by atoms with Crippen LogP contribution in [0.1, 0.15) is 89.8 Å². The molecule has 15 nitrogen and oxygen atoms in total. The van der Waals surface area contributed by atoms with Crippen LogP contribution in [-0.2, 0) is 51.7 Å². The van der Waals surface area contributed by atoms with Gasteiger partial charge in [0.15, 0.2) is 0 Å². The van der Waals surface area contributed by atoms with Crippen molar-refractivity contribution in [2.75, 3.05) is 19.8 Å². The minimum Gasteiger partial charge on any atom is -0.449 e. The zero-order chi connectivity index (χ0) is 39.9. The molecule has 4 bridgehead atoms. The van der Waals surface area contributed by atoms with Gasteiger partial charge in [0.1, 0.15) is 23.7 Å². The van der Waals surface area contributed by atoms with Gasteiger partial charge in [-0.05, 0) is 75.0 Å². The molecule has 16 heteroatoms. The molecule has 5 amide bonds. The van der Waals surface area contributed by atoms with E-state index in [1.165, 1.54) is 11.0 Å². The molecule has 300 valence electrons. The second-order valence-corrected chi connectivity index (χ2v) is 19.0. The molecule has 0 radical (unpaired) electrons. The third-order valence-corrected chi connectivity index (χ3v) is 12.6. The van der Waals surface area contributed by atoms with E-state index in [0.717, 1.165) is 16.7 Å². The Morgan fingerprint density at radius 2 is 1.89 bits per heavy atom. The number of benzene rings is 1. The topological polar surface area (TPSA) is 190 Å². The van der Waals surface area contributed by atoms with Gasteiger partial charge in [0.2, 0.25) is 21.8 Å². The van der Waals surface area contributed by atoms with Crippen LogP contribution in [0.5, 0.6) is 0 Å². The molecule has 0 unspecified atom stereocenters. The highest BCUT2D eigenvalue weighted by Gasteiger charge is 2.62. The minimum absolute atomic E-state index is 0.0707. The van der Waals surface area contributed by atoms with Crippen LogP contribution in [0.2, 0.25) is 0 Å². The zero-order valence-electron chi connectivity index (χ0n) is 32.2. The highest BCUT2D eigenvalue weighted by Crippen LogP contribution is 2.45. The van der Waals surface area contributed by atoms with Gasteiger partial charge in [-0.3, -0.25) is 24.0 Å². The first-order valence-electron chi connectivity index (χ1n) is 18.9. The van der Waals surface area contributed by atoms with Gasteiger partial charge in [0, 0.05) is 18.9 Å². The SMILES string of the molecule is C=C[C@H]1C[C@]1(NC(=O)[C@@H]1C[C@@H]2CN1C(=O)[C@H](COC(C)(C)C)NC(=O)OCC(C)(C)CC/C=C/c1cccc3c1CN(C3)C(=O)O2)C(=O)NS(=O)(=O)C1CC1. The molecule has 1 aromatic carbocycles. The third kappa shape index (κ3) is 9.34. The fraction of sp³-hybridized carbons (Fsp3) is 0.615. The molecular weight excluding hydrogens is 731 g/mol. The molecule has 2 aliphatic carbocycles. The summed E-state index contributed by atoms with van der Waals surface area (Å²) in [6, 6.07) is 3.32. The van der Waals surface area contributed by atoms with E-state index in [4.69, 9.17) is 14.2 Å². The van der Waals surface area contributed by atoms with Crippen LogP contribution in [0.25, 0.3) is 6.08 Å². The van der Waals surface area contributed by atoms with Crippen molar-refractivity contribution in [1.82, 2.24) is 25.2 Å². The zero-order valence-corrected chi connectivity index (χ0v) is 33.0. The molecule has 0 aromatic heterocycles. The number of hydrogen-bond acceptors (Lipinski definition) is 10. The van der Waals surface area contributed by atoms with E-state index in [2.05, 4.69) is 28.0 Å². The van der Waals surface area contributed by atoms with E-state index in [0.29, 0.717) is 38.8 Å². The Morgan fingerprint density at radius 3 is 2.56 bits per heavy atom. The van der Waals surface area contributed by atoms with Gasteiger partial charge in [-0.25, -0.2) is 18.0 Å². The average Bonchev–Trinajstić information content (AvgIpc) is 4.00. The number of allylic oxidation sites excluding steroid dienone is 1. The van der Waals surface area contributed by atoms with Crippen molar-refractivity contribution >= 4 is 46.0 Å². The first-order chi connectivity index (χ1) is 25.8. The lowest BCUT2D eigenvalue weighted by Crippen LogP contribution is -2.59. The summed E-state index contributed by atoms with van der Waals surface area (Å²) in [7, 11) is -3.93. The summed E-state index contributed by atoms with van der Waals surface area (Å²) in [5.74, 6) is -2.89. The van der Waals surface area contributed by atoms with Gasteiger partial charge in [-0.15, -0.1) is 6.58 Å². The van der Waals surface area contributed by atoms with Crippen molar-refractivity contribution in [3.63, 3.8) is 0 Å². The van der Waals surface area contributed by atoms with Crippen LogP contribution in [0.3, 0.4) is 0 Å². The van der Waals surface area contributed by atoms with Crippen molar-refractivity contribution in [3.8, 4) is 0 Å². The third-order valence-electron chi connectivity index (χ3n) is 10.8. The Balaban J connectivity index is 1.29. The second kappa shape index (κ2) is 15.2. The van der Waals surface area contributed by atoms with Crippen molar-refractivity contribution in [3.05, 3.63) is 53.6 Å². The fourth-order valence-corrected chi connectivity index (χ4v) is 8.62. The number of amides is 5. The summed E-state index contributed by atoms with van der Waals surface area (Å²) in [5.41, 5.74) is 0.253. The maximum atomic E-state index is 14.5. The molecule has 2 saturated carbocycles. The molecular formula is C39H53N5O10S. The second-order valence-electron chi connectivity index (χ2n) is 17.1. The monoisotopic (exact) mass is 783 g/mol. The van der Waals surface area contributed by atoms with Crippen LogP contribution in [0.4, 0.5) is 9.59 Å². The number of nitrogens with one attached hydrogen (secondary N) is 3. The van der Waals surface area contributed by atoms with Crippen LogP contribution in [0.15, 0.2) is 36.9 Å².